The molecule has 0 unspecified atom stereocenters. The highest BCUT2D eigenvalue weighted by Gasteiger charge is 2.01. The van der Waals surface area contributed by atoms with E-state index in [2.05, 4.69) is 0 Å². The van der Waals surface area contributed by atoms with Gasteiger partial charge in [-0.15, -0.1) is 0 Å². The molecule has 0 bridgehead atoms. The lowest BCUT2D eigenvalue weighted by Crippen LogP contribution is -2.21. The van der Waals surface area contributed by atoms with Gasteiger partial charge in [-0.1, -0.05) is 30.3 Å². The van der Waals surface area contributed by atoms with Crippen molar-refractivity contribution >= 4 is 17.8 Å². The van der Waals surface area contributed by atoms with E-state index in [9.17, 15) is 14.7 Å². The minimum atomic E-state index is -1.22. The van der Waals surface area contributed by atoms with Gasteiger partial charge in [0, 0.05) is 5.56 Å². The van der Waals surface area contributed by atoms with Gasteiger partial charge in [0.25, 0.3) is 0 Å². The van der Waals surface area contributed by atoms with Crippen LogP contribution in [0.25, 0.3) is 6.08 Å². The average Bonchev–Trinajstić information content (AvgIpc) is 2.53. The van der Waals surface area contributed by atoms with E-state index in [1.54, 1.807) is 49.6 Å². The Bertz CT molecular complexity index is 667. The molecule has 0 fully saturated rings. The van der Waals surface area contributed by atoms with E-state index in [1.165, 1.54) is 18.2 Å². The summed E-state index contributed by atoms with van der Waals surface area (Å²) in [5.74, 6) is -0.671. The van der Waals surface area contributed by atoms with Crippen molar-refractivity contribution < 1.29 is 19.4 Å². The highest BCUT2D eigenvalue weighted by molar-refractivity contribution is 6.06. The van der Waals surface area contributed by atoms with E-state index in [4.69, 9.17) is 4.74 Å². The summed E-state index contributed by atoms with van der Waals surface area (Å²) < 4.78 is 5.03. The average molecular weight is 281 g/mol. The summed E-state index contributed by atoms with van der Waals surface area (Å²) in [5.41, 5.74) is 1.40. The number of aromatic carboxylic acids is 1. The molecule has 0 aromatic heterocycles. The summed E-state index contributed by atoms with van der Waals surface area (Å²) >= 11 is 0. The van der Waals surface area contributed by atoms with Crippen molar-refractivity contribution in [2.75, 3.05) is 7.11 Å². The maximum Gasteiger partial charge on any atom is 0.185 e. The maximum atomic E-state index is 12.0. The minimum absolute atomic E-state index is 0.105. The van der Waals surface area contributed by atoms with Gasteiger partial charge in [0.05, 0.1) is 13.1 Å². The van der Waals surface area contributed by atoms with Gasteiger partial charge in [-0.3, -0.25) is 4.79 Å². The fraction of sp³-hybridized carbons (Fsp3) is 0.0588. The SMILES string of the molecule is COc1ccc(C(=O)/C=C/c2ccc(C(=O)[O-])cc2)cc1. The first-order chi connectivity index (χ1) is 10.1. The first-order valence-corrected chi connectivity index (χ1v) is 6.28. The fourth-order valence-electron chi connectivity index (χ4n) is 1.75. The Morgan fingerprint density at radius 2 is 1.52 bits per heavy atom. The van der Waals surface area contributed by atoms with E-state index in [1.807, 2.05) is 0 Å². The van der Waals surface area contributed by atoms with E-state index in [0.717, 1.165) is 5.56 Å². The Balaban J connectivity index is 2.08. The fourth-order valence-corrected chi connectivity index (χ4v) is 1.75. The molecule has 2 rings (SSSR count). The zero-order chi connectivity index (χ0) is 15.2. The van der Waals surface area contributed by atoms with Crippen LogP contribution in [0.4, 0.5) is 0 Å². The standard InChI is InChI=1S/C17H14O4/c1-21-15-9-7-13(8-10-15)16(18)11-4-12-2-5-14(6-3-12)17(19)20/h2-11H,1H3,(H,19,20)/p-1/b11-4+. The zero-order valence-corrected chi connectivity index (χ0v) is 11.4. The molecule has 0 saturated carbocycles. The summed E-state index contributed by atoms with van der Waals surface area (Å²) in [7, 11) is 1.56. The Morgan fingerprint density at radius 1 is 0.952 bits per heavy atom. The van der Waals surface area contributed by atoms with Gasteiger partial charge in [0.2, 0.25) is 0 Å². The number of allylic oxidation sites excluding steroid dienone is 1. The number of hydrogen-bond donors (Lipinski definition) is 0. The van der Waals surface area contributed by atoms with E-state index in [-0.39, 0.29) is 11.3 Å². The lowest BCUT2D eigenvalue weighted by molar-refractivity contribution is -0.255. The molecular formula is C17H13O4-. The lowest BCUT2D eigenvalue weighted by Gasteiger charge is -2.02. The number of carboxylic acids is 1. The lowest BCUT2D eigenvalue weighted by atomic mass is 10.1. The van der Waals surface area contributed by atoms with Gasteiger partial charge >= 0.3 is 0 Å². The van der Waals surface area contributed by atoms with Crippen LogP contribution in [0.1, 0.15) is 26.3 Å². The number of methoxy groups -OCH3 is 1. The predicted octanol–water partition coefficient (Wildman–Crippen LogP) is 1.95. The molecular weight excluding hydrogens is 268 g/mol. The second kappa shape index (κ2) is 6.52. The molecule has 21 heavy (non-hydrogen) atoms. The topological polar surface area (TPSA) is 66.4 Å². The number of carbonyl (C=O) groups excluding carboxylic acids is 2. The Hall–Kier alpha value is -2.88. The van der Waals surface area contributed by atoms with Crippen molar-refractivity contribution in [1.82, 2.24) is 0 Å². The largest absolute Gasteiger partial charge is 0.545 e. The number of carboxylic acid groups (broad SMARTS) is 1. The Morgan fingerprint density at radius 3 is 2.05 bits per heavy atom. The van der Waals surface area contributed by atoms with Crippen LogP contribution in [-0.2, 0) is 0 Å². The van der Waals surface area contributed by atoms with Crippen LogP contribution in [-0.4, -0.2) is 18.9 Å². The maximum absolute atomic E-state index is 12.0. The van der Waals surface area contributed by atoms with E-state index < -0.39 is 5.97 Å². The normalized spacial score (nSPS) is 10.5. The zero-order valence-electron chi connectivity index (χ0n) is 11.4. The van der Waals surface area contributed by atoms with Crippen LogP contribution in [0.15, 0.2) is 54.6 Å². The van der Waals surface area contributed by atoms with Crippen LogP contribution in [0.3, 0.4) is 0 Å². The van der Waals surface area contributed by atoms with Crippen molar-refractivity contribution in [3.8, 4) is 5.75 Å². The molecule has 0 saturated heterocycles. The molecule has 0 radical (unpaired) electrons. The van der Waals surface area contributed by atoms with Gasteiger partial charge < -0.3 is 14.6 Å². The second-order valence-electron chi connectivity index (χ2n) is 4.34. The highest BCUT2D eigenvalue weighted by atomic mass is 16.5. The third kappa shape index (κ3) is 3.79. The molecule has 0 spiro atoms. The first-order valence-electron chi connectivity index (χ1n) is 6.28. The number of rotatable bonds is 5. The molecule has 2 aromatic carbocycles. The van der Waals surface area contributed by atoms with E-state index in [0.29, 0.717) is 11.3 Å². The molecule has 0 N–H and O–H groups in total. The Kier molecular flexibility index (Phi) is 4.51. The van der Waals surface area contributed by atoms with Gasteiger partial charge in [0.1, 0.15) is 5.75 Å². The third-order valence-corrected chi connectivity index (χ3v) is 2.95. The quantitative estimate of drug-likeness (QED) is 0.620. The van der Waals surface area contributed by atoms with Crippen molar-refractivity contribution in [3.05, 3.63) is 71.3 Å². The Labute approximate surface area is 122 Å². The summed E-state index contributed by atoms with van der Waals surface area (Å²) in [6, 6.07) is 12.9. The predicted molar refractivity (Wildman–Crippen MR) is 77.1 cm³/mol. The minimum Gasteiger partial charge on any atom is -0.545 e. The molecule has 0 heterocycles. The molecule has 0 atom stereocenters. The number of ether oxygens (including phenoxy) is 1. The number of benzene rings is 2. The molecule has 106 valence electrons. The van der Waals surface area contributed by atoms with E-state index >= 15 is 0 Å². The number of ketones is 1. The molecule has 0 amide bonds. The molecule has 0 aliphatic carbocycles. The number of carbonyl (C=O) groups is 2. The highest BCUT2D eigenvalue weighted by Crippen LogP contribution is 2.13. The van der Waals surface area contributed by atoms with Crippen LogP contribution >= 0.6 is 0 Å². The van der Waals surface area contributed by atoms with Crippen LogP contribution < -0.4 is 9.84 Å². The van der Waals surface area contributed by atoms with Crippen molar-refractivity contribution in [1.29, 1.82) is 0 Å². The summed E-state index contributed by atoms with van der Waals surface area (Å²) in [6.45, 7) is 0. The number of hydrogen-bond acceptors (Lipinski definition) is 4. The smallest absolute Gasteiger partial charge is 0.185 e. The van der Waals surface area contributed by atoms with Crippen molar-refractivity contribution in [3.63, 3.8) is 0 Å². The van der Waals surface area contributed by atoms with Crippen molar-refractivity contribution in [2.24, 2.45) is 0 Å². The summed E-state index contributed by atoms with van der Waals surface area (Å²) in [4.78, 5) is 22.6. The van der Waals surface area contributed by atoms with Gasteiger partial charge in [-0.05, 0) is 41.5 Å². The van der Waals surface area contributed by atoms with Gasteiger partial charge in [0.15, 0.2) is 5.78 Å². The molecule has 2 aromatic rings. The summed E-state index contributed by atoms with van der Waals surface area (Å²) in [6.07, 6.45) is 3.07. The first kappa shape index (κ1) is 14.5. The molecule has 0 aliphatic rings. The van der Waals surface area contributed by atoms with Crippen LogP contribution in [0, 0.1) is 0 Å². The molecule has 4 nitrogen and oxygen atoms in total. The molecule has 4 heteroatoms. The van der Waals surface area contributed by atoms with Crippen LogP contribution in [0.5, 0.6) is 5.75 Å². The monoisotopic (exact) mass is 281 g/mol. The van der Waals surface area contributed by atoms with Crippen molar-refractivity contribution in [2.45, 2.75) is 0 Å². The summed E-state index contributed by atoms with van der Waals surface area (Å²) in [5, 5.41) is 10.6. The third-order valence-electron chi connectivity index (χ3n) is 2.95. The van der Waals surface area contributed by atoms with Gasteiger partial charge in [-0.2, -0.15) is 0 Å². The molecule has 0 aliphatic heterocycles. The van der Waals surface area contributed by atoms with Gasteiger partial charge in [-0.25, -0.2) is 0 Å². The second-order valence-corrected chi connectivity index (χ2v) is 4.34. The van der Waals surface area contributed by atoms with Crippen LogP contribution in [0.2, 0.25) is 0 Å².